The van der Waals surface area contributed by atoms with E-state index in [4.69, 9.17) is 21.1 Å². The number of fused-ring (bicyclic) bond motifs is 1. The molecule has 0 aliphatic carbocycles. The zero-order valence-electron chi connectivity index (χ0n) is 23.2. The summed E-state index contributed by atoms with van der Waals surface area (Å²) in [6.45, 7) is 3.93. The van der Waals surface area contributed by atoms with Crippen molar-refractivity contribution < 1.29 is 9.47 Å². The van der Waals surface area contributed by atoms with Crippen molar-refractivity contribution in [2.24, 2.45) is 0 Å². The van der Waals surface area contributed by atoms with Gasteiger partial charge < -0.3 is 25.0 Å². The fourth-order valence-electron chi connectivity index (χ4n) is 4.95. The summed E-state index contributed by atoms with van der Waals surface area (Å²) < 4.78 is 11.8. The lowest BCUT2D eigenvalue weighted by Gasteiger charge is -2.17. The Morgan fingerprint density at radius 3 is 2.78 bits per heavy atom. The Balaban J connectivity index is 1.40. The number of nitrogens with zero attached hydrogens (tertiary/aromatic N) is 4. The number of aromatic nitrogens is 2. The van der Waals surface area contributed by atoms with Crippen LogP contribution in [0, 0.1) is 11.3 Å². The van der Waals surface area contributed by atoms with Crippen molar-refractivity contribution in [3.05, 3.63) is 89.5 Å². The summed E-state index contributed by atoms with van der Waals surface area (Å²) in [6.07, 6.45) is 10.9. The Bertz CT molecular complexity index is 1570. The predicted molar refractivity (Wildman–Crippen MR) is 164 cm³/mol. The molecule has 0 spiro atoms. The van der Waals surface area contributed by atoms with Gasteiger partial charge in [0.1, 0.15) is 24.2 Å². The molecule has 0 saturated carbocycles. The lowest BCUT2D eigenvalue weighted by atomic mass is 10.1. The molecule has 0 radical (unpaired) electrons. The topological polar surface area (TPSA) is 95.3 Å². The van der Waals surface area contributed by atoms with Gasteiger partial charge in [-0.05, 0) is 82.4 Å². The normalized spacial score (nSPS) is 15.2. The molecule has 1 saturated heterocycles. The molecule has 9 heteroatoms. The number of hydrogen-bond donors (Lipinski definition) is 2. The number of hydrogen-bond acceptors (Lipinski definition) is 8. The predicted octanol–water partition coefficient (Wildman–Crippen LogP) is 7.29. The Kier molecular flexibility index (Phi) is 9.19. The average molecular weight is 569 g/mol. The van der Waals surface area contributed by atoms with Gasteiger partial charge in [-0.2, -0.15) is 5.26 Å². The SMILES string of the molecule is CCOc1cc2ncc(C#N)c(Nc3ccc(OCc4ccccn4)c(Cl)c3)c2cc1N/C=C/C[C@H]1CCCN1C. The van der Waals surface area contributed by atoms with Crippen molar-refractivity contribution in [1.29, 1.82) is 5.26 Å². The summed E-state index contributed by atoms with van der Waals surface area (Å²) in [5.74, 6) is 1.25. The third-order valence-corrected chi connectivity index (χ3v) is 7.42. The smallest absolute Gasteiger partial charge is 0.144 e. The van der Waals surface area contributed by atoms with Crippen LogP contribution >= 0.6 is 11.6 Å². The summed E-state index contributed by atoms with van der Waals surface area (Å²) in [7, 11) is 2.18. The van der Waals surface area contributed by atoms with Crippen LogP contribution in [-0.2, 0) is 6.61 Å². The number of nitriles is 1. The summed E-state index contributed by atoms with van der Waals surface area (Å²) in [4.78, 5) is 11.2. The maximum atomic E-state index is 9.90. The number of nitrogens with one attached hydrogen (secondary N) is 2. The maximum Gasteiger partial charge on any atom is 0.144 e. The molecule has 8 nitrogen and oxygen atoms in total. The van der Waals surface area contributed by atoms with E-state index in [1.54, 1.807) is 24.5 Å². The zero-order valence-corrected chi connectivity index (χ0v) is 24.0. The molecular weight excluding hydrogens is 536 g/mol. The van der Waals surface area contributed by atoms with Crippen molar-refractivity contribution in [1.82, 2.24) is 14.9 Å². The van der Waals surface area contributed by atoms with E-state index in [1.165, 1.54) is 12.8 Å². The second-order valence-corrected chi connectivity index (χ2v) is 10.3. The Morgan fingerprint density at radius 2 is 2.05 bits per heavy atom. The standard InChI is InChI=1S/C32H33ClN6O2/c1-3-40-31-18-28-26(17-29(31)36-14-6-9-25-10-7-15-39(25)2)32(22(19-34)20-37-28)38-23-11-12-30(27(33)16-23)41-21-24-8-4-5-13-35-24/h4-6,8,11-14,16-18,20,25,36H,3,7,9-10,15,21H2,1-2H3,(H,37,38)/b14-6+/t25-/m0/s1. The summed E-state index contributed by atoms with van der Waals surface area (Å²) in [6, 6.07) is 17.8. The second kappa shape index (κ2) is 13.4. The lowest BCUT2D eigenvalue weighted by Crippen LogP contribution is -2.23. The molecule has 1 fully saturated rings. The molecule has 0 amide bonds. The minimum absolute atomic E-state index is 0.310. The number of rotatable bonds is 11. The van der Waals surface area contributed by atoms with Gasteiger partial charge in [0.2, 0.25) is 0 Å². The number of anilines is 3. The second-order valence-electron chi connectivity index (χ2n) is 9.90. The van der Waals surface area contributed by atoms with Crippen LogP contribution in [0.4, 0.5) is 17.1 Å². The van der Waals surface area contributed by atoms with Gasteiger partial charge >= 0.3 is 0 Å². The number of halogens is 1. The molecule has 2 aromatic heterocycles. The van der Waals surface area contributed by atoms with E-state index >= 15 is 0 Å². The van der Waals surface area contributed by atoms with Gasteiger partial charge in [-0.3, -0.25) is 9.97 Å². The maximum absolute atomic E-state index is 9.90. The van der Waals surface area contributed by atoms with Gasteiger partial charge in [0.15, 0.2) is 0 Å². The molecule has 4 aromatic rings. The van der Waals surface area contributed by atoms with E-state index in [0.717, 1.165) is 29.7 Å². The van der Waals surface area contributed by atoms with Gasteiger partial charge in [-0.1, -0.05) is 23.7 Å². The van der Waals surface area contributed by atoms with E-state index in [1.807, 2.05) is 49.5 Å². The number of benzene rings is 2. The molecule has 1 aliphatic rings. The van der Waals surface area contributed by atoms with Crippen molar-refractivity contribution >= 4 is 39.6 Å². The highest BCUT2D eigenvalue weighted by Gasteiger charge is 2.19. The average Bonchev–Trinajstić information content (AvgIpc) is 3.40. The lowest BCUT2D eigenvalue weighted by molar-refractivity contribution is 0.301. The van der Waals surface area contributed by atoms with Gasteiger partial charge in [-0.25, -0.2) is 0 Å². The minimum Gasteiger partial charge on any atom is -0.492 e. The zero-order chi connectivity index (χ0) is 28.6. The Labute approximate surface area is 245 Å². The van der Waals surface area contributed by atoms with Crippen molar-refractivity contribution in [3.8, 4) is 17.6 Å². The first-order valence-electron chi connectivity index (χ1n) is 13.8. The first-order valence-corrected chi connectivity index (χ1v) is 14.1. The molecule has 1 atom stereocenters. The molecule has 2 aromatic carbocycles. The van der Waals surface area contributed by atoms with Crippen LogP contribution in [0.2, 0.25) is 5.02 Å². The first-order chi connectivity index (χ1) is 20.1. The van der Waals surface area contributed by atoms with Crippen molar-refractivity contribution in [3.63, 3.8) is 0 Å². The molecule has 0 bridgehead atoms. The highest BCUT2D eigenvalue weighted by atomic mass is 35.5. The molecule has 41 heavy (non-hydrogen) atoms. The molecule has 2 N–H and O–H groups in total. The number of ether oxygens (including phenoxy) is 2. The summed E-state index contributed by atoms with van der Waals surface area (Å²) in [5, 5.41) is 17.9. The van der Waals surface area contributed by atoms with Gasteiger partial charge in [0, 0.05) is 35.6 Å². The number of pyridine rings is 2. The fourth-order valence-corrected chi connectivity index (χ4v) is 5.19. The minimum atomic E-state index is 0.310. The van der Waals surface area contributed by atoms with E-state index < -0.39 is 0 Å². The van der Waals surface area contributed by atoms with E-state index in [-0.39, 0.29) is 0 Å². The van der Waals surface area contributed by atoms with Crippen LogP contribution < -0.4 is 20.1 Å². The molecular formula is C32H33ClN6O2. The summed E-state index contributed by atoms with van der Waals surface area (Å²) in [5.41, 5.74) is 4.08. The van der Waals surface area contributed by atoms with Crippen LogP contribution in [0.25, 0.3) is 10.9 Å². The van der Waals surface area contributed by atoms with Crippen LogP contribution in [-0.4, -0.2) is 41.1 Å². The molecule has 1 aliphatic heterocycles. The van der Waals surface area contributed by atoms with Crippen molar-refractivity contribution in [2.45, 2.75) is 38.8 Å². The molecule has 0 unspecified atom stereocenters. The molecule has 210 valence electrons. The number of likely N-dealkylation sites (tertiary alicyclic amines) is 1. The monoisotopic (exact) mass is 568 g/mol. The van der Waals surface area contributed by atoms with E-state index in [2.05, 4.69) is 44.7 Å². The first kappa shape index (κ1) is 28.2. The fraction of sp³-hybridized carbons (Fsp3) is 0.281. The molecule has 5 rings (SSSR count). The van der Waals surface area contributed by atoms with E-state index in [0.29, 0.717) is 58.2 Å². The van der Waals surface area contributed by atoms with Gasteiger partial charge in [0.05, 0.1) is 39.8 Å². The Hall–Kier alpha value is -4.32. The van der Waals surface area contributed by atoms with Gasteiger partial charge in [0.25, 0.3) is 0 Å². The third kappa shape index (κ3) is 6.88. The van der Waals surface area contributed by atoms with Crippen LogP contribution in [0.5, 0.6) is 11.5 Å². The van der Waals surface area contributed by atoms with Crippen LogP contribution in [0.15, 0.2) is 73.2 Å². The van der Waals surface area contributed by atoms with Crippen molar-refractivity contribution in [2.75, 3.05) is 30.8 Å². The highest BCUT2D eigenvalue weighted by Crippen LogP contribution is 2.37. The largest absolute Gasteiger partial charge is 0.492 e. The van der Waals surface area contributed by atoms with Crippen LogP contribution in [0.1, 0.15) is 37.4 Å². The third-order valence-electron chi connectivity index (χ3n) is 7.13. The Morgan fingerprint density at radius 1 is 1.15 bits per heavy atom. The highest BCUT2D eigenvalue weighted by molar-refractivity contribution is 6.32. The quantitative estimate of drug-likeness (QED) is 0.195. The van der Waals surface area contributed by atoms with Crippen LogP contribution in [0.3, 0.4) is 0 Å². The summed E-state index contributed by atoms with van der Waals surface area (Å²) >= 11 is 6.56. The van der Waals surface area contributed by atoms with Gasteiger partial charge in [-0.15, -0.1) is 0 Å². The van der Waals surface area contributed by atoms with E-state index in [9.17, 15) is 5.26 Å². The molecule has 3 heterocycles.